The molecule has 2 saturated heterocycles. The van der Waals surface area contributed by atoms with Crippen LogP contribution in [0.5, 0.6) is 5.75 Å². The van der Waals surface area contributed by atoms with Crippen molar-refractivity contribution in [2.45, 2.75) is 57.3 Å². The van der Waals surface area contributed by atoms with Gasteiger partial charge in [-0.2, -0.15) is 0 Å². The molecule has 0 amide bonds. The summed E-state index contributed by atoms with van der Waals surface area (Å²) in [6, 6.07) is 4.07. The predicted molar refractivity (Wildman–Crippen MR) is 133 cm³/mol. The van der Waals surface area contributed by atoms with E-state index in [0.29, 0.717) is 40.3 Å². The zero-order chi connectivity index (χ0) is 25.6. The molecule has 0 saturated carbocycles. The summed E-state index contributed by atoms with van der Waals surface area (Å²) in [7, 11) is 2.62. The molecule has 4 heterocycles. The van der Waals surface area contributed by atoms with E-state index in [1.807, 2.05) is 4.81 Å². The molecule has 1 aromatic carbocycles. The molecule has 0 spiro atoms. The van der Waals surface area contributed by atoms with Gasteiger partial charge in [-0.25, -0.2) is 9.37 Å². The Morgan fingerprint density at radius 1 is 1.31 bits per heavy atom. The van der Waals surface area contributed by atoms with Gasteiger partial charge in [0.05, 0.1) is 23.2 Å². The van der Waals surface area contributed by atoms with Gasteiger partial charge in [-0.05, 0) is 39.1 Å². The Morgan fingerprint density at radius 3 is 2.81 bits per heavy atom. The number of aryl methyl sites for hydroxylation is 1. The molecule has 2 aliphatic rings. The average Bonchev–Trinajstić information content (AvgIpc) is 3.21. The summed E-state index contributed by atoms with van der Waals surface area (Å²) in [4.78, 5) is 20.7. The number of nitrogens with zero attached hydrogens (tertiary/aromatic N) is 5. The Bertz CT molecular complexity index is 1310. The van der Waals surface area contributed by atoms with Crippen LogP contribution in [-0.2, 0) is 4.74 Å². The maximum atomic E-state index is 15.5. The molecule has 36 heavy (non-hydrogen) atoms. The fraction of sp³-hybridized carbons (Fsp3) is 0.500. The number of methoxy groups -OCH3 is 1. The van der Waals surface area contributed by atoms with E-state index in [0.717, 1.165) is 12.8 Å². The van der Waals surface area contributed by atoms with E-state index in [1.165, 1.54) is 13.2 Å². The van der Waals surface area contributed by atoms with E-state index >= 15 is 4.39 Å². The maximum Gasteiger partial charge on any atom is 0.376 e. The zero-order valence-electron chi connectivity index (χ0n) is 20.7. The van der Waals surface area contributed by atoms with Crippen LogP contribution in [0.2, 0.25) is 6.82 Å². The van der Waals surface area contributed by atoms with Crippen LogP contribution in [0.3, 0.4) is 0 Å². The van der Waals surface area contributed by atoms with E-state index in [9.17, 15) is 9.82 Å². The molecular weight excluding hydrogens is 468 g/mol. The molecule has 0 aliphatic carbocycles. The Morgan fingerprint density at radius 2 is 2.11 bits per heavy atom. The van der Waals surface area contributed by atoms with Crippen molar-refractivity contribution in [1.82, 2.24) is 20.0 Å². The number of fused-ring (bicyclic) bond motifs is 3. The van der Waals surface area contributed by atoms with Crippen LogP contribution in [-0.4, -0.2) is 77.3 Å². The van der Waals surface area contributed by atoms with E-state index in [4.69, 9.17) is 13.9 Å². The van der Waals surface area contributed by atoms with Gasteiger partial charge < -0.3 is 28.6 Å². The summed E-state index contributed by atoms with van der Waals surface area (Å²) >= 11 is 0. The first-order chi connectivity index (χ1) is 17.3. The molecule has 10 nitrogen and oxygen atoms in total. The number of hydrogen-bond donors (Lipinski definition) is 1. The van der Waals surface area contributed by atoms with Crippen molar-refractivity contribution >= 4 is 23.8 Å². The number of alkyl halides is 1. The van der Waals surface area contributed by atoms with Gasteiger partial charge in [-0.3, -0.25) is 4.79 Å². The van der Waals surface area contributed by atoms with Gasteiger partial charge in [0.25, 0.3) is 0 Å². The summed E-state index contributed by atoms with van der Waals surface area (Å²) < 4.78 is 31.9. The second-order valence-corrected chi connectivity index (χ2v) is 9.49. The van der Waals surface area contributed by atoms with Crippen molar-refractivity contribution in [3.8, 4) is 17.1 Å². The van der Waals surface area contributed by atoms with Crippen LogP contribution in [0.15, 0.2) is 33.6 Å². The monoisotopic (exact) mass is 497 g/mol. The zero-order valence-corrected chi connectivity index (χ0v) is 20.7. The highest BCUT2D eigenvalue weighted by Crippen LogP contribution is 2.40. The number of aromatic nitrogens is 3. The van der Waals surface area contributed by atoms with E-state index in [1.54, 1.807) is 44.0 Å². The van der Waals surface area contributed by atoms with Gasteiger partial charge in [0.1, 0.15) is 23.3 Å². The first kappa shape index (κ1) is 24.6. The van der Waals surface area contributed by atoms with Crippen molar-refractivity contribution < 1.29 is 23.3 Å². The number of benzene rings is 1. The largest absolute Gasteiger partial charge is 0.467 e. The van der Waals surface area contributed by atoms with Crippen molar-refractivity contribution in [3.63, 3.8) is 0 Å². The fourth-order valence-electron chi connectivity index (χ4n) is 5.56. The molecule has 2 aliphatic heterocycles. The number of ether oxygens (including phenoxy) is 2. The molecule has 2 unspecified atom stereocenters. The topological polar surface area (TPSA) is 114 Å². The van der Waals surface area contributed by atoms with Crippen LogP contribution < -0.4 is 15.1 Å². The normalized spacial score (nSPS) is 23.7. The lowest BCUT2D eigenvalue weighted by molar-refractivity contribution is 0.0515. The third kappa shape index (κ3) is 4.33. The van der Waals surface area contributed by atoms with Crippen molar-refractivity contribution in [1.29, 1.82) is 0 Å². The minimum absolute atomic E-state index is 0.0197. The first-order valence-electron chi connectivity index (χ1n) is 12.0. The molecule has 3 aromatic rings. The van der Waals surface area contributed by atoms with Gasteiger partial charge in [-0.15, -0.1) is 10.2 Å². The minimum Gasteiger partial charge on any atom is -0.467 e. The SMILES string of the molecule is COCOc1cc2oc(C)cc(=O)c2cc1-c1ncc(N(C)[C@@H]2CC3CCC([C@@H]2F)N3B(C)O)nn1. The number of anilines is 1. The minimum atomic E-state index is -1.14. The second-order valence-electron chi connectivity index (χ2n) is 9.49. The van der Waals surface area contributed by atoms with E-state index in [-0.39, 0.29) is 30.1 Å². The van der Waals surface area contributed by atoms with Crippen LogP contribution >= 0.6 is 0 Å². The molecule has 190 valence electrons. The predicted octanol–water partition coefficient (Wildman–Crippen LogP) is 2.43. The fourth-order valence-corrected chi connectivity index (χ4v) is 5.56. The maximum absolute atomic E-state index is 15.5. The standard InChI is InChI=1S/C24H29BFN5O5/c1-13-7-19(32)15-9-16(20(35-12-34-4)10-21(15)36-13)24-27-11-22(28-29-24)30(3)18-8-14-5-6-17(23(18)26)31(14)25(2)33/h7,9-11,14,17-18,23,33H,5-6,8,12H2,1-4H3/t14?,17?,18-,23+/m1/s1. The summed E-state index contributed by atoms with van der Waals surface area (Å²) in [5.41, 5.74) is 0.653. The summed E-state index contributed by atoms with van der Waals surface area (Å²) in [6.45, 7) is 3.38. The number of hydrogen-bond acceptors (Lipinski definition) is 10. The highest BCUT2D eigenvalue weighted by Gasteiger charge is 2.51. The van der Waals surface area contributed by atoms with Gasteiger partial charge in [0.2, 0.25) is 0 Å². The Hall–Kier alpha value is -3.09. The molecule has 0 radical (unpaired) electrons. The molecule has 2 aromatic heterocycles. The quantitative estimate of drug-likeness (QED) is 0.386. The van der Waals surface area contributed by atoms with Crippen LogP contribution in [0, 0.1) is 6.92 Å². The number of piperidine rings is 1. The highest BCUT2D eigenvalue weighted by molar-refractivity contribution is 6.45. The second kappa shape index (κ2) is 9.76. The van der Waals surface area contributed by atoms with Gasteiger partial charge >= 0.3 is 7.05 Å². The van der Waals surface area contributed by atoms with Gasteiger partial charge in [0.15, 0.2) is 23.9 Å². The average molecular weight is 497 g/mol. The third-order valence-corrected chi connectivity index (χ3v) is 7.21. The highest BCUT2D eigenvalue weighted by atomic mass is 19.1. The lowest BCUT2D eigenvalue weighted by atomic mass is 9.78. The van der Waals surface area contributed by atoms with Crippen LogP contribution in [0.4, 0.5) is 10.2 Å². The first-order valence-corrected chi connectivity index (χ1v) is 12.0. The molecule has 1 N–H and O–H groups in total. The van der Waals surface area contributed by atoms with Crippen LogP contribution in [0.1, 0.15) is 25.0 Å². The third-order valence-electron chi connectivity index (χ3n) is 7.21. The number of rotatable bonds is 7. The summed E-state index contributed by atoms with van der Waals surface area (Å²) in [6.07, 6.45) is 2.58. The van der Waals surface area contributed by atoms with Gasteiger partial charge in [-0.1, -0.05) is 0 Å². The molecule has 5 rings (SSSR count). The van der Waals surface area contributed by atoms with Crippen molar-refractivity contribution in [2.75, 3.05) is 25.9 Å². The van der Waals surface area contributed by atoms with Crippen molar-refractivity contribution in [3.05, 3.63) is 40.4 Å². The van der Waals surface area contributed by atoms with Gasteiger partial charge in [0, 0.05) is 38.4 Å². The molecule has 2 bridgehead atoms. The Kier molecular flexibility index (Phi) is 6.67. The summed E-state index contributed by atoms with van der Waals surface area (Å²) in [5, 5.41) is 19.1. The molecule has 2 fully saturated rings. The molecule has 4 atom stereocenters. The van der Waals surface area contributed by atoms with Crippen molar-refractivity contribution in [2.24, 2.45) is 0 Å². The smallest absolute Gasteiger partial charge is 0.376 e. The lowest BCUT2D eigenvalue weighted by Gasteiger charge is -2.45. The number of halogens is 1. The Balaban J connectivity index is 1.44. The lowest BCUT2D eigenvalue weighted by Crippen LogP contribution is -2.60. The van der Waals surface area contributed by atoms with Crippen LogP contribution in [0.25, 0.3) is 22.4 Å². The summed E-state index contributed by atoms with van der Waals surface area (Å²) in [5.74, 6) is 1.56. The van der Waals surface area contributed by atoms with E-state index < -0.39 is 19.3 Å². The molecule has 12 heteroatoms. The molecular formula is C24H29BFN5O5. The van der Waals surface area contributed by atoms with E-state index in [2.05, 4.69) is 15.2 Å². The Labute approximate surface area is 208 Å².